The molecule has 0 saturated heterocycles. The Bertz CT molecular complexity index is 1090. The predicted molar refractivity (Wildman–Crippen MR) is 104 cm³/mol. The Labute approximate surface area is 167 Å². The molecular formula is C20H20N6O3. The number of fused-ring (bicyclic) bond motifs is 1. The van der Waals surface area contributed by atoms with Gasteiger partial charge in [0, 0.05) is 24.1 Å². The zero-order valence-corrected chi connectivity index (χ0v) is 16.4. The maximum absolute atomic E-state index is 12.7. The molecule has 2 heterocycles. The van der Waals surface area contributed by atoms with E-state index < -0.39 is 18.5 Å². The number of nitrogens with zero attached hydrogens (tertiary/aromatic N) is 6. The number of hydrogen-bond acceptors (Lipinski definition) is 7. The van der Waals surface area contributed by atoms with Crippen molar-refractivity contribution in [3.63, 3.8) is 0 Å². The van der Waals surface area contributed by atoms with E-state index in [-0.39, 0.29) is 24.6 Å². The van der Waals surface area contributed by atoms with Gasteiger partial charge in [-0.2, -0.15) is 10.2 Å². The lowest BCUT2D eigenvalue weighted by Gasteiger charge is -2.22. The van der Waals surface area contributed by atoms with E-state index in [1.54, 1.807) is 19.2 Å². The van der Waals surface area contributed by atoms with Gasteiger partial charge in [0.2, 0.25) is 0 Å². The van der Waals surface area contributed by atoms with Crippen molar-refractivity contribution >= 4 is 23.3 Å². The molecule has 148 valence electrons. The number of amides is 1. The summed E-state index contributed by atoms with van der Waals surface area (Å²) >= 11 is 0. The number of ether oxygens (including phenoxy) is 1. The SMILES string of the molecule is Cc1cc(C)cc(N(CCC#N)C(=O)COC(=O)c2nc3nccc(C)n3n2)c1. The fourth-order valence-corrected chi connectivity index (χ4v) is 2.93. The van der Waals surface area contributed by atoms with Gasteiger partial charge in [-0.05, 0) is 50.1 Å². The molecule has 0 N–H and O–H groups in total. The molecule has 0 atom stereocenters. The molecule has 0 spiro atoms. The van der Waals surface area contributed by atoms with Crippen LogP contribution in [0.15, 0.2) is 30.5 Å². The second-order valence-electron chi connectivity index (χ2n) is 6.61. The Hall–Kier alpha value is -3.80. The third-order valence-corrected chi connectivity index (χ3v) is 4.21. The standard InChI is InChI=1S/C20H20N6O3/c1-13-9-14(2)11-16(10-13)25(8-4-6-21)17(27)12-29-19(28)18-23-20-22-7-5-15(3)26(20)24-18/h5,7,9-11H,4,8,12H2,1-3H3. The highest BCUT2D eigenvalue weighted by Crippen LogP contribution is 2.19. The highest BCUT2D eigenvalue weighted by atomic mass is 16.5. The summed E-state index contributed by atoms with van der Waals surface area (Å²) in [6.45, 7) is 5.37. The van der Waals surface area contributed by atoms with Crippen molar-refractivity contribution in [2.24, 2.45) is 0 Å². The Morgan fingerprint density at radius 2 is 1.93 bits per heavy atom. The van der Waals surface area contributed by atoms with Crippen LogP contribution in [0.2, 0.25) is 0 Å². The normalized spacial score (nSPS) is 10.6. The molecule has 9 heteroatoms. The maximum atomic E-state index is 12.7. The molecule has 3 aromatic rings. The van der Waals surface area contributed by atoms with Crippen LogP contribution in [0.25, 0.3) is 5.78 Å². The first kappa shape index (κ1) is 19.9. The van der Waals surface area contributed by atoms with Gasteiger partial charge in [-0.15, -0.1) is 5.10 Å². The number of anilines is 1. The topological polar surface area (TPSA) is 113 Å². The van der Waals surface area contributed by atoms with E-state index in [9.17, 15) is 9.59 Å². The van der Waals surface area contributed by atoms with Crippen LogP contribution in [0.1, 0.15) is 33.9 Å². The summed E-state index contributed by atoms with van der Waals surface area (Å²) in [6.07, 6.45) is 1.72. The fraction of sp³-hybridized carbons (Fsp3) is 0.300. The summed E-state index contributed by atoms with van der Waals surface area (Å²) in [5.41, 5.74) is 3.40. The van der Waals surface area contributed by atoms with Crippen molar-refractivity contribution in [1.82, 2.24) is 19.6 Å². The van der Waals surface area contributed by atoms with E-state index in [0.717, 1.165) is 16.8 Å². The zero-order valence-electron chi connectivity index (χ0n) is 16.4. The second-order valence-corrected chi connectivity index (χ2v) is 6.61. The van der Waals surface area contributed by atoms with Gasteiger partial charge in [-0.25, -0.2) is 14.3 Å². The Kier molecular flexibility index (Phi) is 5.83. The average molecular weight is 392 g/mol. The molecule has 0 aliphatic carbocycles. The van der Waals surface area contributed by atoms with E-state index in [0.29, 0.717) is 5.69 Å². The molecule has 3 rings (SSSR count). The molecule has 1 aromatic carbocycles. The second kappa shape index (κ2) is 8.48. The van der Waals surface area contributed by atoms with Crippen LogP contribution in [-0.2, 0) is 9.53 Å². The minimum absolute atomic E-state index is 0.158. The Morgan fingerprint density at radius 3 is 2.59 bits per heavy atom. The van der Waals surface area contributed by atoms with Gasteiger partial charge >= 0.3 is 5.97 Å². The van der Waals surface area contributed by atoms with Gasteiger partial charge in [0.25, 0.3) is 17.5 Å². The fourth-order valence-electron chi connectivity index (χ4n) is 2.93. The first-order valence-corrected chi connectivity index (χ1v) is 9.00. The van der Waals surface area contributed by atoms with E-state index in [2.05, 4.69) is 15.1 Å². The van der Waals surface area contributed by atoms with Gasteiger partial charge in [-0.3, -0.25) is 4.79 Å². The summed E-state index contributed by atoms with van der Waals surface area (Å²) in [4.78, 5) is 34.5. The first-order chi connectivity index (χ1) is 13.9. The van der Waals surface area contributed by atoms with Crippen molar-refractivity contribution in [3.8, 4) is 6.07 Å². The lowest BCUT2D eigenvalue weighted by molar-refractivity contribution is -0.121. The molecule has 0 bridgehead atoms. The highest BCUT2D eigenvalue weighted by Gasteiger charge is 2.21. The first-order valence-electron chi connectivity index (χ1n) is 9.00. The lowest BCUT2D eigenvalue weighted by Crippen LogP contribution is -2.35. The number of carbonyl (C=O) groups excluding carboxylic acids is 2. The molecule has 0 aliphatic rings. The molecular weight excluding hydrogens is 372 g/mol. The van der Waals surface area contributed by atoms with E-state index in [1.807, 2.05) is 38.1 Å². The molecule has 0 unspecified atom stereocenters. The largest absolute Gasteiger partial charge is 0.450 e. The summed E-state index contributed by atoms with van der Waals surface area (Å²) in [5, 5.41) is 13.0. The molecule has 29 heavy (non-hydrogen) atoms. The monoisotopic (exact) mass is 392 g/mol. The van der Waals surface area contributed by atoms with Gasteiger partial charge in [-0.1, -0.05) is 6.07 Å². The Morgan fingerprint density at radius 1 is 1.21 bits per heavy atom. The number of hydrogen-bond donors (Lipinski definition) is 0. The molecule has 9 nitrogen and oxygen atoms in total. The van der Waals surface area contributed by atoms with Gasteiger partial charge in [0.15, 0.2) is 6.61 Å². The third kappa shape index (κ3) is 4.55. The summed E-state index contributed by atoms with van der Waals surface area (Å²) in [7, 11) is 0. The van der Waals surface area contributed by atoms with Crippen molar-refractivity contribution in [1.29, 1.82) is 5.26 Å². The number of benzene rings is 1. The van der Waals surface area contributed by atoms with Crippen molar-refractivity contribution in [2.45, 2.75) is 27.2 Å². The number of aromatic nitrogens is 4. The number of esters is 1. The zero-order chi connectivity index (χ0) is 21.0. The molecule has 2 aromatic heterocycles. The summed E-state index contributed by atoms with van der Waals surface area (Å²) in [6, 6.07) is 9.45. The molecule has 1 amide bonds. The van der Waals surface area contributed by atoms with Crippen molar-refractivity contribution < 1.29 is 14.3 Å². The Balaban J connectivity index is 1.74. The molecule has 0 radical (unpaired) electrons. The van der Waals surface area contributed by atoms with Gasteiger partial charge in [0.05, 0.1) is 12.5 Å². The minimum Gasteiger partial charge on any atom is -0.450 e. The average Bonchev–Trinajstić information content (AvgIpc) is 3.11. The van der Waals surface area contributed by atoms with Crippen LogP contribution in [-0.4, -0.2) is 44.6 Å². The summed E-state index contributed by atoms with van der Waals surface area (Å²) in [5.74, 6) is -1.15. The predicted octanol–water partition coefficient (Wildman–Crippen LogP) is 2.15. The van der Waals surface area contributed by atoms with Crippen LogP contribution in [0.3, 0.4) is 0 Å². The van der Waals surface area contributed by atoms with Crippen LogP contribution in [0, 0.1) is 32.1 Å². The summed E-state index contributed by atoms with van der Waals surface area (Å²) < 4.78 is 6.55. The van der Waals surface area contributed by atoms with Crippen LogP contribution in [0.5, 0.6) is 0 Å². The quantitative estimate of drug-likeness (QED) is 0.591. The van der Waals surface area contributed by atoms with Crippen molar-refractivity contribution in [3.05, 3.63) is 53.1 Å². The third-order valence-electron chi connectivity index (χ3n) is 4.21. The maximum Gasteiger partial charge on any atom is 0.378 e. The number of aryl methyl sites for hydroxylation is 3. The van der Waals surface area contributed by atoms with E-state index in [4.69, 9.17) is 10.00 Å². The van der Waals surface area contributed by atoms with Crippen molar-refractivity contribution in [2.75, 3.05) is 18.1 Å². The number of rotatable bonds is 6. The number of nitriles is 1. The van der Waals surface area contributed by atoms with Gasteiger partial charge < -0.3 is 9.64 Å². The van der Waals surface area contributed by atoms with Crippen LogP contribution < -0.4 is 4.90 Å². The number of carbonyl (C=O) groups is 2. The van der Waals surface area contributed by atoms with E-state index in [1.165, 1.54) is 9.42 Å². The van der Waals surface area contributed by atoms with Gasteiger partial charge in [0.1, 0.15) is 0 Å². The smallest absolute Gasteiger partial charge is 0.378 e. The van der Waals surface area contributed by atoms with Crippen LogP contribution >= 0.6 is 0 Å². The molecule has 0 saturated carbocycles. The van der Waals surface area contributed by atoms with Crippen LogP contribution in [0.4, 0.5) is 5.69 Å². The molecule has 0 fully saturated rings. The lowest BCUT2D eigenvalue weighted by atomic mass is 10.1. The highest BCUT2D eigenvalue weighted by molar-refractivity contribution is 5.96. The molecule has 0 aliphatic heterocycles. The van der Waals surface area contributed by atoms with E-state index >= 15 is 0 Å². The minimum atomic E-state index is -0.816.